The Hall–Kier alpha value is -2.48. The predicted octanol–water partition coefficient (Wildman–Crippen LogP) is 4.09. The van der Waals surface area contributed by atoms with Crippen molar-refractivity contribution >= 4 is 28.2 Å². The van der Waals surface area contributed by atoms with Crippen LogP contribution in [0.15, 0.2) is 54.7 Å². The summed E-state index contributed by atoms with van der Waals surface area (Å²) in [5.74, 6) is 0. The molecule has 2 heteroatoms. The van der Waals surface area contributed by atoms with E-state index in [9.17, 15) is 0 Å². The first-order valence-corrected chi connectivity index (χ1v) is 6.06. The minimum absolute atomic E-state index is 1.11. The van der Waals surface area contributed by atoms with Gasteiger partial charge >= 0.3 is 0 Å². The van der Waals surface area contributed by atoms with E-state index >= 15 is 0 Å². The van der Waals surface area contributed by atoms with Crippen molar-refractivity contribution in [1.29, 1.82) is 0 Å². The van der Waals surface area contributed by atoms with Crippen LogP contribution in [0.1, 0.15) is 11.3 Å². The van der Waals surface area contributed by atoms with Gasteiger partial charge in [0, 0.05) is 17.3 Å². The second kappa shape index (κ2) is 3.50. The number of benzene rings is 2. The topological polar surface area (TPSA) is 27.8 Å². The fraction of sp³-hybridized carbons (Fsp3) is 0. The van der Waals surface area contributed by atoms with Gasteiger partial charge in [0.25, 0.3) is 0 Å². The SMILES string of the molecule is C1=C(c2ccc[nH]2)Nc2cccc3cccc1c23. The van der Waals surface area contributed by atoms with E-state index in [0.717, 1.165) is 11.4 Å². The molecule has 1 aromatic heterocycles. The van der Waals surface area contributed by atoms with Crippen LogP contribution in [0.5, 0.6) is 0 Å². The molecule has 4 rings (SSSR count). The molecule has 0 spiro atoms. The summed E-state index contributed by atoms with van der Waals surface area (Å²) in [6.07, 6.45) is 4.14. The summed E-state index contributed by atoms with van der Waals surface area (Å²) in [7, 11) is 0. The number of nitrogens with one attached hydrogen (secondary N) is 2. The number of hydrogen-bond donors (Lipinski definition) is 2. The van der Waals surface area contributed by atoms with Gasteiger partial charge in [0.05, 0.1) is 11.4 Å². The van der Waals surface area contributed by atoms with Gasteiger partial charge in [0.2, 0.25) is 0 Å². The third-order valence-electron chi connectivity index (χ3n) is 3.39. The van der Waals surface area contributed by atoms with Crippen LogP contribution in [0.3, 0.4) is 0 Å². The van der Waals surface area contributed by atoms with Crippen molar-refractivity contribution in [3.05, 3.63) is 66.0 Å². The molecule has 1 aliphatic rings. The quantitative estimate of drug-likeness (QED) is 0.649. The molecule has 86 valence electrons. The number of aromatic amines is 1. The van der Waals surface area contributed by atoms with Crippen LogP contribution in [0.2, 0.25) is 0 Å². The highest BCUT2D eigenvalue weighted by Gasteiger charge is 2.13. The third kappa shape index (κ3) is 1.29. The third-order valence-corrected chi connectivity index (χ3v) is 3.39. The summed E-state index contributed by atoms with van der Waals surface area (Å²) >= 11 is 0. The zero-order valence-corrected chi connectivity index (χ0v) is 9.77. The Labute approximate surface area is 105 Å². The van der Waals surface area contributed by atoms with Crippen LogP contribution in [-0.2, 0) is 0 Å². The average Bonchev–Trinajstić information content (AvgIpc) is 2.93. The Morgan fingerprint density at radius 3 is 2.56 bits per heavy atom. The number of hydrogen-bond acceptors (Lipinski definition) is 1. The van der Waals surface area contributed by atoms with Gasteiger partial charge in [-0.1, -0.05) is 30.3 Å². The maximum atomic E-state index is 3.49. The minimum atomic E-state index is 1.11. The van der Waals surface area contributed by atoms with E-state index in [1.165, 1.54) is 22.0 Å². The first-order chi connectivity index (χ1) is 8.92. The van der Waals surface area contributed by atoms with Crippen molar-refractivity contribution in [3.8, 4) is 0 Å². The molecule has 0 aliphatic carbocycles. The van der Waals surface area contributed by atoms with E-state index in [1.807, 2.05) is 12.3 Å². The Morgan fingerprint density at radius 1 is 0.833 bits per heavy atom. The fourth-order valence-electron chi connectivity index (χ4n) is 2.57. The molecule has 0 saturated heterocycles. The largest absolute Gasteiger partial charge is 0.360 e. The number of aromatic nitrogens is 1. The van der Waals surface area contributed by atoms with Gasteiger partial charge in [-0.15, -0.1) is 0 Å². The highest BCUT2D eigenvalue weighted by Crippen LogP contribution is 2.35. The molecule has 3 aromatic rings. The Kier molecular flexibility index (Phi) is 1.86. The first kappa shape index (κ1) is 9.54. The Balaban J connectivity index is 2.00. The van der Waals surface area contributed by atoms with E-state index in [-0.39, 0.29) is 0 Å². The molecule has 2 heterocycles. The summed E-state index contributed by atoms with van der Waals surface area (Å²) in [4.78, 5) is 3.24. The molecule has 0 fully saturated rings. The van der Waals surface area contributed by atoms with Gasteiger partial charge < -0.3 is 10.3 Å². The van der Waals surface area contributed by atoms with Crippen molar-refractivity contribution in [2.45, 2.75) is 0 Å². The molecular weight excluding hydrogens is 220 g/mol. The summed E-state index contributed by atoms with van der Waals surface area (Å²) in [6, 6.07) is 16.9. The fourth-order valence-corrected chi connectivity index (χ4v) is 2.57. The van der Waals surface area contributed by atoms with Crippen LogP contribution < -0.4 is 5.32 Å². The van der Waals surface area contributed by atoms with Gasteiger partial charge in [0.1, 0.15) is 0 Å². The smallest absolute Gasteiger partial charge is 0.0629 e. The first-order valence-electron chi connectivity index (χ1n) is 6.06. The van der Waals surface area contributed by atoms with Crippen LogP contribution in [0.4, 0.5) is 5.69 Å². The molecule has 2 aromatic carbocycles. The molecule has 2 nitrogen and oxygen atoms in total. The summed E-state index contributed by atoms with van der Waals surface area (Å²) < 4.78 is 0. The van der Waals surface area contributed by atoms with Gasteiger partial charge in [-0.3, -0.25) is 0 Å². The highest BCUT2D eigenvalue weighted by atomic mass is 14.9. The molecule has 0 unspecified atom stereocenters. The number of rotatable bonds is 1. The van der Waals surface area contributed by atoms with Crippen molar-refractivity contribution < 1.29 is 0 Å². The standard InChI is InChI=1S/C16H12N2/c1-4-11-5-2-7-14-16(11)12(6-1)10-15(18-14)13-8-3-9-17-13/h1-10,17-18H. The van der Waals surface area contributed by atoms with Gasteiger partial charge in [-0.25, -0.2) is 0 Å². The maximum absolute atomic E-state index is 3.49. The lowest BCUT2D eigenvalue weighted by Gasteiger charge is -2.19. The van der Waals surface area contributed by atoms with Crippen LogP contribution in [0.25, 0.3) is 22.5 Å². The second-order valence-electron chi connectivity index (χ2n) is 4.52. The van der Waals surface area contributed by atoms with E-state index in [2.05, 4.69) is 58.8 Å². The molecule has 0 bridgehead atoms. The lowest BCUT2D eigenvalue weighted by atomic mass is 9.98. The molecule has 0 saturated carbocycles. The zero-order chi connectivity index (χ0) is 11.9. The van der Waals surface area contributed by atoms with E-state index < -0.39 is 0 Å². The number of anilines is 1. The monoisotopic (exact) mass is 232 g/mol. The molecule has 18 heavy (non-hydrogen) atoms. The van der Waals surface area contributed by atoms with E-state index in [4.69, 9.17) is 0 Å². The van der Waals surface area contributed by atoms with E-state index in [1.54, 1.807) is 0 Å². The van der Waals surface area contributed by atoms with E-state index in [0.29, 0.717) is 0 Å². The van der Waals surface area contributed by atoms with Crippen molar-refractivity contribution in [3.63, 3.8) is 0 Å². The van der Waals surface area contributed by atoms with Crippen molar-refractivity contribution in [1.82, 2.24) is 4.98 Å². The second-order valence-corrected chi connectivity index (χ2v) is 4.52. The van der Waals surface area contributed by atoms with Crippen molar-refractivity contribution in [2.75, 3.05) is 5.32 Å². The lowest BCUT2D eigenvalue weighted by molar-refractivity contribution is 1.34. The van der Waals surface area contributed by atoms with Gasteiger partial charge in [0.15, 0.2) is 0 Å². The lowest BCUT2D eigenvalue weighted by Crippen LogP contribution is -2.04. The van der Waals surface area contributed by atoms with Crippen LogP contribution in [0, 0.1) is 0 Å². The van der Waals surface area contributed by atoms with Crippen molar-refractivity contribution in [2.24, 2.45) is 0 Å². The molecular formula is C16H12N2. The predicted molar refractivity (Wildman–Crippen MR) is 76.2 cm³/mol. The Morgan fingerprint density at radius 2 is 1.72 bits per heavy atom. The summed E-state index contributed by atoms with van der Waals surface area (Å²) in [5, 5.41) is 6.07. The zero-order valence-electron chi connectivity index (χ0n) is 9.77. The molecule has 1 aliphatic heterocycles. The summed E-state index contributed by atoms with van der Waals surface area (Å²) in [5.41, 5.74) is 4.68. The molecule has 0 amide bonds. The molecule has 2 N–H and O–H groups in total. The molecule has 0 radical (unpaired) electrons. The van der Waals surface area contributed by atoms with Gasteiger partial charge in [-0.2, -0.15) is 0 Å². The average molecular weight is 232 g/mol. The molecule has 0 atom stereocenters. The minimum Gasteiger partial charge on any atom is -0.360 e. The normalized spacial score (nSPS) is 13.2. The highest BCUT2D eigenvalue weighted by molar-refractivity contribution is 6.09. The van der Waals surface area contributed by atoms with Crippen LogP contribution >= 0.6 is 0 Å². The number of H-pyrrole nitrogens is 1. The maximum Gasteiger partial charge on any atom is 0.0629 e. The van der Waals surface area contributed by atoms with Gasteiger partial charge in [-0.05, 0) is 35.2 Å². The Bertz CT molecular complexity index is 747. The van der Waals surface area contributed by atoms with Crippen LogP contribution in [-0.4, -0.2) is 4.98 Å². The summed E-state index contributed by atoms with van der Waals surface area (Å²) in [6.45, 7) is 0.